The van der Waals surface area contributed by atoms with Crippen LogP contribution in [0.3, 0.4) is 0 Å². The van der Waals surface area contributed by atoms with Crippen molar-refractivity contribution in [2.45, 2.75) is 12.6 Å². The molecule has 162 valence electrons. The van der Waals surface area contributed by atoms with Crippen molar-refractivity contribution in [2.24, 2.45) is 11.3 Å². The number of amides is 1. The summed E-state index contributed by atoms with van der Waals surface area (Å²) in [5.41, 5.74) is -1.18. The van der Waals surface area contributed by atoms with Gasteiger partial charge in [-0.05, 0) is 36.8 Å². The number of nitriles is 1. The number of halogens is 3. The van der Waals surface area contributed by atoms with E-state index in [0.29, 0.717) is 44.0 Å². The van der Waals surface area contributed by atoms with Crippen LogP contribution in [0.4, 0.5) is 18.9 Å². The fourth-order valence-electron chi connectivity index (χ4n) is 4.63. The second kappa shape index (κ2) is 7.85. The van der Waals surface area contributed by atoms with Gasteiger partial charge in [0.15, 0.2) is 0 Å². The largest absolute Gasteiger partial charge is 0.417 e. The van der Waals surface area contributed by atoms with Crippen LogP contribution in [-0.2, 0) is 6.18 Å². The van der Waals surface area contributed by atoms with Crippen LogP contribution in [0.5, 0.6) is 0 Å². The van der Waals surface area contributed by atoms with Crippen LogP contribution in [0.25, 0.3) is 0 Å². The fourth-order valence-corrected chi connectivity index (χ4v) is 4.63. The summed E-state index contributed by atoms with van der Waals surface area (Å²) in [6.45, 7) is 1.54. The number of aliphatic hydroxyl groups is 1. The van der Waals surface area contributed by atoms with Crippen LogP contribution in [0, 0.1) is 22.7 Å². The Morgan fingerprint density at radius 3 is 2.74 bits per heavy atom. The zero-order valence-corrected chi connectivity index (χ0v) is 16.6. The number of likely N-dealkylation sites (tertiary alicyclic amines) is 1. The van der Waals surface area contributed by atoms with Gasteiger partial charge in [0, 0.05) is 49.4 Å². The first-order chi connectivity index (χ1) is 14.8. The van der Waals surface area contributed by atoms with E-state index in [2.05, 4.69) is 4.98 Å². The van der Waals surface area contributed by atoms with Gasteiger partial charge in [-0.3, -0.25) is 9.78 Å². The summed E-state index contributed by atoms with van der Waals surface area (Å²) < 4.78 is 40.1. The average molecular weight is 430 g/mol. The number of aliphatic hydroxyl groups excluding tert-OH is 1. The van der Waals surface area contributed by atoms with Gasteiger partial charge in [0.1, 0.15) is 5.69 Å². The molecule has 2 aromatic rings. The summed E-state index contributed by atoms with van der Waals surface area (Å²) in [5, 5.41) is 19.2. The molecule has 4 rings (SSSR count). The summed E-state index contributed by atoms with van der Waals surface area (Å²) in [7, 11) is 0. The quantitative estimate of drug-likeness (QED) is 0.810. The van der Waals surface area contributed by atoms with Gasteiger partial charge in [-0.1, -0.05) is 6.07 Å². The van der Waals surface area contributed by atoms with Crippen molar-refractivity contribution >= 4 is 11.6 Å². The van der Waals surface area contributed by atoms with E-state index in [4.69, 9.17) is 5.26 Å². The maximum atomic E-state index is 13.4. The molecule has 6 nitrogen and oxygen atoms in total. The third kappa shape index (κ3) is 3.83. The van der Waals surface area contributed by atoms with E-state index in [1.807, 2.05) is 4.90 Å². The van der Waals surface area contributed by atoms with Gasteiger partial charge in [-0.25, -0.2) is 0 Å². The van der Waals surface area contributed by atoms with Crippen molar-refractivity contribution in [3.05, 3.63) is 59.4 Å². The highest BCUT2D eigenvalue weighted by atomic mass is 19.4. The third-order valence-electron chi connectivity index (χ3n) is 6.41. The molecule has 0 spiro atoms. The molecule has 1 amide bonds. The number of nitrogens with zero attached hydrogens (tertiary/aromatic N) is 4. The summed E-state index contributed by atoms with van der Waals surface area (Å²) in [6, 6.07) is 10.4. The van der Waals surface area contributed by atoms with E-state index >= 15 is 0 Å². The third-order valence-corrected chi connectivity index (χ3v) is 6.41. The second-order valence-corrected chi connectivity index (χ2v) is 8.15. The summed E-state index contributed by atoms with van der Waals surface area (Å²) in [5.74, 6) is -0.285. The number of carbonyl (C=O) groups excluding carboxylic acids is 1. The molecule has 0 radical (unpaired) electrons. The highest BCUT2D eigenvalue weighted by molar-refractivity contribution is 5.92. The van der Waals surface area contributed by atoms with Gasteiger partial charge in [-0.15, -0.1) is 0 Å². The zero-order chi connectivity index (χ0) is 22.2. The van der Waals surface area contributed by atoms with Crippen molar-refractivity contribution < 1.29 is 23.1 Å². The number of anilines is 1. The lowest BCUT2D eigenvalue weighted by molar-refractivity contribution is -0.137. The van der Waals surface area contributed by atoms with Crippen molar-refractivity contribution in [1.29, 1.82) is 5.26 Å². The summed E-state index contributed by atoms with van der Waals surface area (Å²) >= 11 is 0. The lowest BCUT2D eigenvalue weighted by Crippen LogP contribution is -2.50. The number of fused-ring (bicyclic) bond motifs is 1. The smallest absolute Gasteiger partial charge is 0.396 e. The van der Waals surface area contributed by atoms with E-state index in [1.54, 1.807) is 35.4 Å². The van der Waals surface area contributed by atoms with Crippen molar-refractivity contribution in [3.63, 3.8) is 0 Å². The Balaban J connectivity index is 1.58. The Morgan fingerprint density at radius 1 is 1.29 bits per heavy atom. The monoisotopic (exact) mass is 430 g/mol. The Morgan fingerprint density at radius 2 is 2.10 bits per heavy atom. The van der Waals surface area contributed by atoms with Crippen LogP contribution in [-0.4, -0.2) is 53.7 Å². The van der Waals surface area contributed by atoms with E-state index in [-0.39, 0.29) is 18.4 Å². The number of hydrogen-bond acceptors (Lipinski definition) is 5. The molecule has 2 aliphatic heterocycles. The minimum Gasteiger partial charge on any atom is -0.396 e. The SMILES string of the molecule is N#Cc1ccc(N2C[C@H]3CN(C(=O)c4ccccn4)CC[C@@]3(CO)C2)cc1C(F)(F)F. The van der Waals surface area contributed by atoms with Gasteiger partial charge in [0.2, 0.25) is 0 Å². The summed E-state index contributed by atoms with van der Waals surface area (Å²) in [6.07, 6.45) is -2.53. The molecule has 31 heavy (non-hydrogen) atoms. The highest BCUT2D eigenvalue weighted by Gasteiger charge is 2.50. The molecular weight excluding hydrogens is 409 g/mol. The molecule has 0 bridgehead atoms. The highest BCUT2D eigenvalue weighted by Crippen LogP contribution is 2.45. The standard InChI is InChI=1S/C22H21F3N4O2/c23-22(24,25)18-9-17(5-4-15(18)10-26)29-12-16-11-28(8-6-21(16,13-29)14-30)20(31)19-3-1-2-7-27-19/h1-5,7,9,16,30H,6,8,11-14H2/t16-,21+/m1/s1. The molecule has 0 unspecified atom stereocenters. The molecule has 0 saturated carbocycles. The Hall–Kier alpha value is -3.12. The molecule has 1 aromatic carbocycles. The Kier molecular flexibility index (Phi) is 5.35. The molecule has 9 heteroatoms. The van der Waals surface area contributed by atoms with Crippen LogP contribution in [0.2, 0.25) is 0 Å². The van der Waals surface area contributed by atoms with E-state index < -0.39 is 22.7 Å². The number of rotatable bonds is 3. The first-order valence-electron chi connectivity index (χ1n) is 9.95. The number of carbonyl (C=O) groups is 1. The number of pyridine rings is 1. The Bertz CT molecular complexity index is 1020. The minimum absolute atomic E-state index is 0.0936. The number of benzene rings is 1. The maximum absolute atomic E-state index is 13.4. The molecule has 2 saturated heterocycles. The predicted molar refractivity (Wildman–Crippen MR) is 106 cm³/mol. The minimum atomic E-state index is -4.63. The van der Waals surface area contributed by atoms with Gasteiger partial charge >= 0.3 is 6.18 Å². The lowest BCUT2D eigenvalue weighted by atomic mass is 9.73. The van der Waals surface area contributed by atoms with Crippen LogP contribution < -0.4 is 4.90 Å². The molecule has 1 N–H and O–H groups in total. The van der Waals surface area contributed by atoms with E-state index in [9.17, 15) is 23.1 Å². The predicted octanol–water partition coefficient (Wildman–Crippen LogP) is 2.93. The molecule has 2 atom stereocenters. The molecular formula is C22H21F3N4O2. The van der Waals surface area contributed by atoms with Gasteiger partial charge in [-0.2, -0.15) is 18.4 Å². The average Bonchev–Trinajstić information content (AvgIpc) is 3.17. The number of hydrogen-bond donors (Lipinski definition) is 1. The number of alkyl halides is 3. The molecule has 2 fully saturated rings. The van der Waals surface area contributed by atoms with Crippen molar-refractivity contribution in [1.82, 2.24) is 9.88 Å². The normalized spacial score (nSPS) is 23.4. The molecule has 1 aromatic heterocycles. The number of piperidine rings is 1. The lowest BCUT2D eigenvalue weighted by Gasteiger charge is -2.42. The van der Waals surface area contributed by atoms with Crippen LogP contribution in [0.15, 0.2) is 42.6 Å². The van der Waals surface area contributed by atoms with Crippen LogP contribution >= 0.6 is 0 Å². The zero-order valence-electron chi connectivity index (χ0n) is 16.6. The van der Waals surface area contributed by atoms with E-state index in [0.717, 1.165) is 6.07 Å². The molecule has 3 heterocycles. The fraction of sp³-hybridized carbons (Fsp3) is 0.409. The first kappa shape index (κ1) is 21.1. The topological polar surface area (TPSA) is 80.5 Å². The molecule has 2 aliphatic rings. The summed E-state index contributed by atoms with van der Waals surface area (Å²) in [4.78, 5) is 20.4. The second-order valence-electron chi connectivity index (χ2n) is 8.15. The first-order valence-corrected chi connectivity index (χ1v) is 9.95. The number of aromatic nitrogens is 1. The van der Waals surface area contributed by atoms with E-state index in [1.165, 1.54) is 12.1 Å². The van der Waals surface area contributed by atoms with Crippen LogP contribution in [0.1, 0.15) is 28.0 Å². The van der Waals surface area contributed by atoms with Crippen molar-refractivity contribution in [2.75, 3.05) is 37.7 Å². The van der Waals surface area contributed by atoms with Gasteiger partial charge in [0.05, 0.1) is 23.8 Å². The van der Waals surface area contributed by atoms with Crippen molar-refractivity contribution in [3.8, 4) is 6.07 Å². The maximum Gasteiger partial charge on any atom is 0.417 e. The Labute approximate surface area is 177 Å². The molecule has 0 aliphatic carbocycles. The van der Waals surface area contributed by atoms with Gasteiger partial charge < -0.3 is 14.9 Å². The van der Waals surface area contributed by atoms with Gasteiger partial charge in [0.25, 0.3) is 5.91 Å².